The van der Waals surface area contributed by atoms with Crippen LogP contribution in [0, 0.1) is 17.2 Å². The number of aromatic nitrogens is 2. The van der Waals surface area contributed by atoms with Crippen molar-refractivity contribution in [1.82, 2.24) is 9.97 Å². The Morgan fingerprint density at radius 2 is 2.03 bits per heavy atom. The molecule has 170 valence electrons. The molecule has 0 amide bonds. The van der Waals surface area contributed by atoms with Crippen LogP contribution in [0.5, 0.6) is 0 Å². The first-order valence-electron chi connectivity index (χ1n) is 10.4. The molecule has 1 heterocycles. The fraction of sp³-hybridized carbons (Fsp3) is 0.409. The van der Waals surface area contributed by atoms with E-state index in [1.54, 1.807) is 6.07 Å². The van der Waals surface area contributed by atoms with Crippen molar-refractivity contribution in [3.05, 3.63) is 48.4 Å². The highest BCUT2D eigenvalue weighted by Crippen LogP contribution is 2.35. The zero-order valence-corrected chi connectivity index (χ0v) is 17.8. The van der Waals surface area contributed by atoms with Crippen molar-refractivity contribution in [3.8, 4) is 6.07 Å². The molecule has 0 radical (unpaired) electrons. The summed E-state index contributed by atoms with van der Waals surface area (Å²) in [4.78, 5) is 10.5. The van der Waals surface area contributed by atoms with Crippen LogP contribution in [0.1, 0.15) is 38.2 Å². The molecule has 1 aliphatic carbocycles. The van der Waals surface area contributed by atoms with Crippen LogP contribution in [-0.4, -0.2) is 22.6 Å². The summed E-state index contributed by atoms with van der Waals surface area (Å²) in [7, 11) is 0. The van der Waals surface area contributed by atoms with E-state index in [1.807, 2.05) is 11.8 Å². The van der Waals surface area contributed by atoms with Crippen LogP contribution in [0.15, 0.2) is 42.9 Å². The Morgan fingerprint density at radius 3 is 2.66 bits per heavy atom. The quantitative estimate of drug-likeness (QED) is 0.552. The van der Waals surface area contributed by atoms with Crippen LogP contribution < -0.4 is 21.3 Å². The average Bonchev–Trinajstić information content (AvgIpc) is 2.76. The largest absolute Gasteiger partial charge is 0.416 e. The molecule has 1 saturated carbocycles. The monoisotopic (exact) mass is 445 g/mol. The van der Waals surface area contributed by atoms with Crippen LogP contribution in [0.2, 0.25) is 0 Å². The minimum atomic E-state index is -4.45. The summed E-state index contributed by atoms with van der Waals surface area (Å²) in [6.07, 6.45) is -0.153. The number of hydrogen-bond acceptors (Lipinski definition) is 7. The molecule has 4 N–H and O–H groups in total. The van der Waals surface area contributed by atoms with Crippen LogP contribution in [-0.2, 0) is 6.18 Å². The lowest BCUT2D eigenvalue weighted by atomic mass is 9.86. The van der Waals surface area contributed by atoms with E-state index in [-0.39, 0.29) is 17.6 Å². The third kappa shape index (κ3) is 5.41. The Hall–Kier alpha value is -3.48. The Kier molecular flexibility index (Phi) is 7.08. The van der Waals surface area contributed by atoms with Gasteiger partial charge in [0.1, 0.15) is 5.82 Å². The average molecular weight is 445 g/mol. The van der Waals surface area contributed by atoms with Gasteiger partial charge in [0.25, 0.3) is 0 Å². The summed E-state index contributed by atoms with van der Waals surface area (Å²) in [5.41, 5.74) is 6.01. The molecular weight excluding hydrogens is 419 g/mol. The van der Waals surface area contributed by atoms with E-state index in [0.717, 1.165) is 12.1 Å². The number of benzene rings is 1. The number of anilines is 4. The Bertz CT molecular complexity index is 992. The fourth-order valence-electron chi connectivity index (χ4n) is 3.80. The maximum absolute atomic E-state index is 13.1. The molecule has 0 unspecified atom stereocenters. The summed E-state index contributed by atoms with van der Waals surface area (Å²) in [5, 5.41) is 15.3. The molecule has 7 nitrogen and oxygen atoms in total. The SMILES string of the molecule is C=C(Nc1cccc(C(F)(F)F)c1)N(c1nc(NCC)ncc1N)C1CCC(C#N)CC1. The third-order valence-corrected chi connectivity index (χ3v) is 5.37. The van der Waals surface area contributed by atoms with Gasteiger partial charge in [0, 0.05) is 24.2 Å². The summed E-state index contributed by atoms with van der Waals surface area (Å²) >= 11 is 0. The number of nitrogens with zero attached hydrogens (tertiary/aromatic N) is 4. The van der Waals surface area contributed by atoms with Crippen molar-refractivity contribution in [2.45, 2.75) is 44.8 Å². The number of halogens is 3. The molecule has 10 heteroatoms. The number of nitrogens with two attached hydrogens (primary N) is 1. The minimum absolute atomic E-state index is 0.0159. The van der Waals surface area contributed by atoms with Gasteiger partial charge in [-0.1, -0.05) is 12.6 Å². The summed E-state index contributed by atoms with van der Waals surface area (Å²) in [6, 6.07) is 7.16. The highest BCUT2D eigenvalue weighted by Gasteiger charge is 2.32. The number of nitriles is 1. The van der Waals surface area contributed by atoms with Gasteiger partial charge in [0.15, 0.2) is 5.82 Å². The summed E-state index contributed by atoms with van der Waals surface area (Å²) in [6.45, 7) is 6.60. The fourth-order valence-corrected chi connectivity index (χ4v) is 3.80. The molecule has 0 atom stereocenters. The van der Waals surface area contributed by atoms with Gasteiger partial charge < -0.3 is 21.3 Å². The van der Waals surface area contributed by atoms with Crippen molar-refractivity contribution < 1.29 is 13.2 Å². The van der Waals surface area contributed by atoms with E-state index in [0.29, 0.717) is 55.5 Å². The number of hydrogen-bond donors (Lipinski definition) is 3. The molecule has 1 aromatic heterocycles. The van der Waals surface area contributed by atoms with E-state index in [4.69, 9.17) is 5.73 Å². The number of rotatable bonds is 7. The predicted molar refractivity (Wildman–Crippen MR) is 119 cm³/mol. The van der Waals surface area contributed by atoms with E-state index in [9.17, 15) is 18.4 Å². The normalized spacial score (nSPS) is 18.5. The second kappa shape index (κ2) is 9.77. The van der Waals surface area contributed by atoms with E-state index < -0.39 is 11.7 Å². The molecule has 32 heavy (non-hydrogen) atoms. The van der Waals surface area contributed by atoms with Crippen molar-refractivity contribution >= 4 is 23.1 Å². The van der Waals surface area contributed by atoms with E-state index in [1.165, 1.54) is 12.3 Å². The number of alkyl halides is 3. The van der Waals surface area contributed by atoms with Gasteiger partial charge >= 0.3 is 6.18 Å². The molecule has 1 fully saturated rings. The second-order valence-corrected chi connectivity index (χ2v) is 7.66. The highest BCUT2D eigenvalue weighted by molar-refractivity contribution is 5.68. The molecule has 0 aliphatic heterocycles. The maximum Gasteiger partial charge on any atom is 0.416 e. The third-order valence-electron chi connectivity index (χ3n) is 5.37. The molecular formula is C22H26F3N7. The van der Waals surface area contributed by atoms with Gasteiger partial charge in [0.2, 0.25) is 5.95 Å². The van der Waals surface area contributed by atoms with Gasteiger partial charge in [-0.15, -0.1) is 0 Å². The van der Waals surface area contributed by atoms with Crippen LogP contribution in [0.4, 0.5) is 36.3 Å². The first-order valence-corrected chi connectivity index (χ1v) is 10.4. The van der Waals surface area contributed by atoms with Gasteiger partial charge in [-0.25, -0.2) is 4.98 Å². The van der Waals surface area contributed by atoms with Crippen LogP contribution in [0.3, 0.4) is 0 Å². The second-order valence-electron chi connectivity index (χ2n) is 7.66. The molecule has 1 aliphatic rings. The molecule has 2 aromatic rings. The van der Waals surface area contributed by atoms with Gasteiger partial charge in [0.05, 0.1) is 23.5 Å². The number of nitrogens with one attached hydrogen (secondary N) is 2. The topological polar surface area (TPSA) is 103 Å². The molecule has 0 bridgehead atoms. The van der Waals surface area contributed by atoms with Crippen LogP contribution in [0.25, 0.3) is 0 Å². The van der Waals surface area contributed by atoms with Gasteiger partial charge in [-0.05, 0) is 50.8 Å². The first kappa shape index (κ1) is 23.2. The molecule has 3 rings (SSSR count). The lowest BCUT2D eigenvalue weighted by Crippen LogP contribution is -2.40. The zero-order valence-electron chi connectivity index (χ0n) is 17.8. The van der Waals surface area contributed by atoms with Crippen molar-refractivity contribution in [2.24, 2.45) is 5.92 Å². The lowest BCUT2D eigenvalue weighted by molar-refractivity contribution is -0.137. The Labute approximate surface area is 185 Å². The van der Waals surface area contributed by atoms with Crippen molar-refractivity contribution in [1.29, 1.82) is 5.26 Å². The van der Waals surface area contributed by atoms with Gasteiger partial charge in [-0.2, -0.15) is 23.4 Å². The van der Waals surface area contributed by atoms with E-state index in [2.05, 4.69) is 33.2 Å². The lowest BCUT2D eigenvalue weighted by Gasteiger charge is -2.38. The summed E-state index contributed by atoms with van der Waals surface area (Å²) in [5.74, 6) is 1.13. The molecule has 0 spiro atoms. The maximum atomic E-state index is 13.1. The minimum Gasteiger partial charge on any atom is -0.394 e. The summed E-state index contributed by atoms with van der Waals surface area (Å²) < 4.78 is 39.4. The van der Waals surface area contributed by atoms with Crippen molar-refractivity contribution in [2.75, 3.05) is 27.8 Å². The Balaban J connectivity index is 1.93. The standard InChI is InChI=1S/C22H26F3N7/c1-3-28-21-29-13-19(27)20(31-21)32(18-9-7-15(12-26)8-10-18)14(2)30-17-6-4-5-16(11-17)22(23,24)25/h4-6,11,13,15,18,30H,2-3,7-10,27H2,1H3,(H,28,29,31). The zero-order chi connectivity index (χ0) is 23.3. The smallest absolute Gasteiger partial charge is 0.394 e. The number of nitrogen functional groups attached to an aromatic ring is 1. The molecule has 0 saturated heterocycles. The predicted octanol–water partition coefficient (Wildman–Crippen LogP) is 4.98. The molecule has 1 aromatic carbocycles. The van der Waals surface area contributed by atoms with Crippen LogP contribution >= 0.6 is 0 Å². The van der Waals surface area contributed by atoms with E-state index >= 15 is 0 Å². The highest BCUT2D eigenvalue weighted by atomic mass is 19.4. The van der Waals surface area contributed by atoms with Crippen molar-refractivity contribution in [3.63, 3.8) is 0 Å². The van der Waals surface area contributed by atoms with Gasteiger partial charge in [-0.3, -0.25) is 0 Å². The Morgan fingerprint density at radius 1 is 1.31 bits per heavy atom. The first-order chi connectivity index (χ1) is 15.2.